The number of carbonyl (C=O) groups excluding carboxylic acids is 1. The van der Waals surface area contributed by atoms with Crippen molar-refractivity contribution in [1.29, 1.82) is 0 Å². The Morgan fingerprint density at radius 1 is 1.06 bits per heavy atom. The highest BCUT2D eigenvalue weighted by molar-refractivity contribution is 6.65. The summed E-state index contributed by atoms with van der Waals surface area (Å²) in [5, 5.41) is 1.16. The third-order valence-electron chi connectivity index (χ3n) is 6.79. The molecule has 0 saturated carbocycles. The summed E-state index contributed by atoms with van der Waals surface area (Å²) in [5.74, 6) is 0. The number of hydrogen-bond donors (Lipinski definition) is 0. The Hall–Kier alpha value is -1.99. The first-order valence-corrected chi connectivity index (χ1v) is 11.3. The van der Waals surface area contributed by atoms with Gasteiger partial charge in [0.1, 0.15) is 5.60 Å². The lowest BCUT2D eigenvalue weighted by Crippen LogP contribution is -2.42. The molecule has 1 aromatic carbocycles. The normalized spacial score (nSPS) is 21.6. The molecule has 7 heteroatoms. The van der Waals surface area contributed by atoms with Gasteiger partial charge in [-0.25, -0.2) is 4.79 Å². The minimum atomic E-state index is -0.470. The van der Waals surface area contributed by atoms with Crippen LogP contribution in [-0.4, -0.2) is 52.6 Å². The van der Waals surface area contributed by atoms with Gasteiger partial charge >= 0.3 is 13.2 Å². The molecule has 31 heavy (non-hydrogen) atoms. The summed E-state index contributed by atoms with van der Waals surface area (Å²) in [6, 6.07) is 8.75. The second-order valence-electron chi connectivity index (χ2n) is 10.8. The van der Waals surface area contributed by atoms with Gasteiger partial charge in [-0.1, -0.05) is 18.2 Å². The quantitative estimate of drug-likeness (QED) is 0.663. The van der Waals surface area contributed by atoms with Crippen LogP contribution in [0.1, 0.15) is 67.3 Å². The second kappa shape index (κ2) is 7.56. The molecule has 3 heterocycles. The molecule has 2 aliphatic heterocycles. The minimum absolute atomic E-state index is 0.221. The maximum absolute atomic E-state index is 12.4. The molecule has 168 valence electrons. The number of amides is 1. The summed E-state index contributed by atoms with van der Waals surface area (Å²) < 4.78 is 20.6. The van der Waals surface area contributed by atoms with Crippen molar-refractivity contribution in [3.63, 3.8) is 0 Å². The fraction of sp³-hybridized carbons (Fsp3) is 0.625. The van der Waals surface area contributed by atoms with E-state index in [9.17, 15) is 4.79 Å². The number of carbonyl (C=O) groups is 1. The maximum atomic E-state index is 12.4. The molecule has 2 fully saturated rings. The van der Waals surface area contributed by atoms with Crippen LogP contribution in [0.5, 0.6) is 0 Å². The lowest BCUT2D eigenvalue weighted by atomic mass is 9.79. The van der Waals surface area contributed by atoms with E-state index in [1.165, 1.54) is 5.52 Å². The van der Waals surface area contributed by atoms with E-state index in [1.807, 2.05) is 25.7 Å². The molecular weight excluding hydrogens is 391 g/mol. The van der Waals surface area contributed by atoms with Gasteiger partial charge in [-0.3, -0.25) is 0 Å². The number of likely N-dealkylation sites (tertiary alicyclic amines) is 1. The lowest BCUT2D eigenvalue weighted by molar-refractivity contribution is 0.00578. The van der Waals surface area contributed by atoms with Crippen molar-refractivity contribution in [2.24, 2.45) is 0 Å². The number of para-hydroxylation sites is 1. The van der Waals surface area contributed by atoms with Crippen molar-refractivity contribution in [3.8, 4) is 0 Å². The van der Waals surface area contributed by atoms with Crippen LogP contribution < -0.4 is 5.46 Å². The van der Waals surface area contributed by atoms with Gasteiger partial charge in [0.2, 0.25) is 0 Å². The highest BCUT2D eigenvalue weighted by Gasteiger charge is 2.52. The molecule has 0 aliphatic carbocycles. The number of fused-ring (bicyclic) bond motifs is 1. The molecule has 0 bridgehead atoms. The average Bonchev–Trinajstić information content (AvgIpc) is 3.15. The van der Waals surface area contributed by atoms with Crippen LogP contribution in [0.3, 0.4) is 0 Å². The summed E-state index contributed by atoms with van der Waals surface area (Å²) in [6.45, 7) is 15.4. The molecule has 1 aromatic heterocycles. The van der Waals surface area contributed by atoms with Gasteiger partial charge in [-0.05, 0) is 72.8 Å². The first kappa shape index (κ1) is 22.2. The van der Waals surface area contributed by atoms with Gasteiger partial charge in [0.25, 0.3) is 0 Å². The number of nitrogens with zero attached hydrogens (tertiary/aromatic N) is 2. The molecule has 0 spiro atoms. The Labute approximate surface area is 186 Å². The Morgan fingerprint density at radius 2 is 1.65 bits per heavy atom. The molecule has 1 amide bonds. The molecule has 0 N–H and O–H groups in total. The van der Waals surface area contributed by atoms with Crippen molar-refractivity contribution >= 4 is 29.6 Å². The summed E-state index contributed by atoms with van der Waals surface area (Å²) in [7, 11) is -0.391. The van der Waals surface area contributed by atoms with Crippen molar-refractivity contribution in [1.82, 2.24) is 9.47 Å². The zero-order valence-electron chi connectivity index (χ0n) is 19.9. The van der Waals surface area contributed by atoms with Gasteiger partial charge in [0.15, 0.2) is 0 Å². The van der Waals surface area contributed by atoms with Gasteiger partial charge in [-0.2, -0.15) is 0 Å². The molecule has 0 unspecified atom stereocenters. The predicted molar refractivity (Wildman–Crippen MR) is 124 cm³/mol. The molecule has 6 nitrogen and oxygen atoms in total. The molecule has 2 aliphatic rings. The lowest BCUT2D eigenvalue weighted by Gasteiger charge is -2.34. The van der Waals surface area contributed by atoms with E-state index in [0.717, 1.165) is 23.7 Å². The van der Waals surface area contributed by atoms with E-state index in [0.29, 0.717) is 19.1 Å². The highest BCUT2D eigenvalue weighted by atomic mass is 16.7. The number of benzene rings is 1. The van der Waals surface area contributed by atoms with Crippen molar-refractivity contribution in [2.45, 2.75) is 84.2 Å². The van der Waals surface area contributed by atoms with Crippen molar-refractivity contribution < 1.29 is 18.8 Å². The van der Waals surface area contributed by atoms with Crippen LogP contribution in [0.25, 0.3) is 10.9 Å². The zero-order chi connectivity index (χ0) is 22.6. The Balaban J connectivity index is 1.56. The van der Waals surface area contributed by atoms with Crippen LogP contribution in [0.4, 0.5) is 4.79 Å². The first-order valence-electron chi connectivity index (χ1n) is 11.3. The SMILES string of the molecule is CC(C)(C)OC(=O)N1CCC(n2cc(B3OC(C)(C)C(C)(C)O3)c3ccccc32)CC1. The van der Waals surface area contributed by atoms with Gasteiger partial charge in [-0.15, -0.1) is 0 Å². The predicted octanol–water partition coefficient (Wildman–Crippen LogP) is 4.51. The van der Waals surface area contributed by atoms with Crippen LogP contribution in [-0.2, 0) is 14.0 Å². The Kier molecular flexibility index (Phi) is 5.42. The molecule has 0 radical (unpaired) electrons. The van der Waals surface area contributed by atoms with Crippen molar-refractivity contribution in [3.05, 3.63) is 30.5 Å². The van der Waals surface area contributed by atoms with E-state index in [-0.39, 0.29) is 17.3 Å². The maximum Gasteiger partial charge on any atom is 0.497 e. The molecule has 0 atom stereocenters. The average molecular weight is 426 g/mol. The van der Waals surface area contributed by atoms with E-state index in [4.69, 9.17) is 14.0 Å². The Bertz CT molecular complexity index is 952. The van der Waals surface area contributed by atoms with Gasteiger partial charge in [0, 0.05) is 36.3 Å². The molecule has 2 aromatic rings. The first-order chi connectivity index (χ1) is 14.4. The van der Waals surface area contributed by atoms with Gasteiger partial charge in [0.05, 0.1) is 11.2 Å². The fourth-order valence-electron chi connectivity index (χ4n) is 4.34. The van der Waals surface area contributed by atoms with E-state index in [1.54, 1.807) is 0 Å². The number of piperidine rings is 1. The second-order valence-corrected chi connectivity index (χ2v) is 10.8. The summed E-state index contributed by atoms with van der Waals surface area (Å²) in [5.41, 5.74) is 1.04. The van der Waals surface area contributed by atoms with Crippen LogP contribution in [0.2, 0.25) is 0 Å². The standard InChI is InChI=1S/C24H35BN2O4/c1-22(2,3)29-21(28)26-14-12-17(13-15-26)27-16-19(18-10-8-9-11-20(18)27)25-30-23(4,5)24(6,7)31-25/h8-11,16-17H,12-15H2,1-7H3. The van der Waals surface area contributed by atoms with Crippen LogP contribution in [0, 0.1) is 0 Å². The minimum Gasteiger partial charge on any atom is -0.444 e. The van der Waals surface area contributed by atoms with E-state index in [2.05, 4.69) is 62.7 Å². The third-order valence-corrected chi connectivity index (χ3v) is 6.79. The molecule has 4 rings (SSSR count). The van der Waals surface area contributed by atoms with E-state index >= 15 is 0 Å². The largest absolute Gasteiger partial charge is 0.497 e. The summed E-state index contributed by atoms with van der Waals surface area (Å²) in [4.78, 5) is 14.3. The third kappa shape index (κ3) is 4.22. The molecular formula is C24H35BN2O4. The summed E-state index contributed by atoms with van der Waals surface area (Å²) in [6.07, 6.45) is 3.75. The topological polar surface area (TPSA) is 52.9 Å². The molecule has 2 saturated heterocycles. The number of aromatic nitrogens is 1. The number of rotatable bonds is 2. The zero-order valence-corrected chi connectivity index (χ0v) is 19.9. The van der Waals surface area contributed by atoms with Crippen LogP contribution in [0.15, 0.2) is 30.5 Å². The number of hydrogen-bond acceptors (Lipinski definition) is 4. The monoisotopic (exact) mass is 426 g/mol. The van der Waals surface area contributed by atoms with Crippen molar-refractivity contribution in [2.75, 3.05) is 13.1 Å². The fourth-order valence-corrected chi connectivity index (χ4v) is 4.34. The van der Waals surface area contributed by atoms with Crippen LogP contribution >= 0.6 is 0 Å². The number of ether oxygens (including phenoxy) is 1. The Morgan fingerprint density at radius 3 is 2.23 bits per heavy atom. The van der Waals surface area contributed by atoms with E-state index < -0.39 is 12.7 Å². The smallest absolute Gasteiger partial charge is 0.444 e. The highest BCUT2D eigenvalue weighted by Crippen LogP contribution is 2.37. The summed E-state index contributed by atoms with van der Waals surface area (Å²) >= 11 is 0. The van der Waals surface area contributed by atoms with Gasteiger partial charge < -0.3 is 23.5 Å².